The van der Waals surface area contributed by atoms with E-state index in [-0.39, 0.29) is 11.8 Å². The molecule has 1 aliphatic heterocycles. The van der Waals surface area contributed by atoms with Crippen LogP contribution < -0.4 is 5.32 Å². The van der Waals surface area contributed by atoms with Crippen LogP contribution in [-0.2, 0) is 6.42 Å². The third-order valence-corrected chi connectivity index (χ3v) is 3.25. The van der Waals surface area contributed by atoms with Gasteiger partial charge in [-0.15, -0.1) is 0 Å². The lowest BCUT2D eigenvalue weighted by Gasteiger charge is -2.26. The molecule has 1 saturated heterocycles. The maximum Gasteiger partial charge on any atom is 0.317 e. The Kier molecular flexibility index (Phi) is 4.56. The predicted octanol–water partition coefficient (Wildman–Crippen LogP) is 2.56. The summed E-state index contributed by atoms with van der Waals surface area (Å²) in [7, 11) is 0. The lowest BCUT2D eigenvalue weighted by molar-refractivity contribution is 0.186. The first kappa shape index (κ1) is 12.9. The molecule has 0 atom stereocenters. The number of urea groups is 1. The maximum atomic E-state index is 12.7. The van der Waals surface area contributed by atoms with Gasteiger partial charge < -0.3 is 10.2 Å². The maximum absolute atomic E-state index is 12.7. The molecule has 1 heterocycles. The zero-order valence-electron chi connectivity index (χ0n) is 10.5. The molecule has 1 fully saturated rings. The minimum Gasteiger partial charge on any atom is -0.338 e. The number of piperidine rings is 1. The molecule has 0 radical (unpaired) electrons. The number of nitrogens with zero attached hydrogens (tertiary/aromatic N) is 1. The van der Waals surface area contributed by atoms with Gasteiger partial charge in [-0.25, -0.2) is 9.18 Å². The molecule has 1 aromatic carbocycles. The summed E-state index contributed by atoms with van der Waals surface area (Å²) in [5.74, 6) is -0.226. The second kappa shape index (κ2) is 6.38. The SMILES string of the molecule is O=C(NCCc1ccc(F)cc1)N1CCCCC1. The molecular formula is C14H19FN2O. The molecule has 0 bridgehead atoms. The molecule has 18 heavy (non-hydrogen) atoms. The van der Waals surface area contributed by atoms with Crippen molar-refractivity contribution in [3.05, 3.63) is 35.6 Å². The Hall–Kier alpha value is -1.58. The van der Waals surface area contributed by atoms with Crippen LogP contribution in [0.2, 0.25) is 0 Å². The monoisotopic (exact) mass is 250 g/mol. The lowest BCUT2D eigenvalue weighted by atomic mass is 10.1. The summed E-state index contributed by atoms with van der Waals surface area (Å²) < 4.78 is 12.7. The molecule has 3 nitrogen and oxygen atoms in total. The third-order valence-electron chi connectivity index (χ3n) is 3.25. The Bertz CT molecular complexity index is 385. The zero-order chi connectivity index (χ0) is 12.8. The third kappa shape index (κ3) is 3.72. The fourth-order valence-corrected chi connectivity index (χ4v) is 2.17. The highest BCUT2D eigenvalue weighted by Gasteiger charge is 2.15. The molecule has 98 valence electrons. The molecule has 2 rings (SSSR count). The molecule has 0 aromatic heterocycles. The van der Waals surface area contributed by atoms with Gasteiger partial charge in [-0.1, -0.05) is 12.1 Å². The molecule has 0 spiro atoms. The van der Waals surface area contributed by atoms with Gasteiger partial charge in [0.15, 0.2) is 0 Å². The van der Waals surface area contributed by atoms with Gasteiger partial charge in [0.05, 0.1) is 0 Å². The van der Waals surface area contributed by atoms with Gasteiger partial charge in [-0.2, -0.15) is 0 Å². The van der Waals surface area contributed by atoms with Crippen LogP contribution in [0.5, 0.6) is 0 Å². The van der Waals surface area contributed by atoms with Gasteiger partial charge in [0.1, 0.15) is 5.82 Å². The average molecular weight is 250 g/mol. The minimum absolute atomic E-state index is 0.0248. The quantitative estimate of drug-likeness (QED) is 0.878. The molecule has 2 amide bonds. The van der Waals surface area contributed by atoms with Crippen molar-refractivity contribution in [1.29, 1.82) is 0 Å². The van der Waals surface area contributed by atoms with E-state index in [0.717, 1.165) is 37.9 Å². The first-order valence-electron chi connectivity index (χ1n) is 6.53. The largest absolute Gasteiger partial charge is 0.338 e. The first-order chi connectivity index (χ1) is 8.75. The number of amides is 2. The lowest BCUT2D eigenvalue weighted by Crippen LogP contribution is -2.43. The number of carbonyl (C=O) groups excluding carboxylic acids is 1. The molecular weight excluding hydrogens is 231 g/mol. The normalized spacial score (nSPS) is 15.5. The summed E-state index contributed by atoms with van der Waals surface area (Å²) in [4.78, 5) is 13.7. The average Bonchev–Trinajstić information content (AvgIpc) is 2.42. The second-order valence-corrected chi connectivity index (χ2v) is 4.66. The van der Waals surface area contributed by atoms with Gasteiger partial charge in [0, 0.05) is 19.6 Å². The molecule has 1 N–H and O–H groups in total. The Labute approximate surface area is 107 Å². The van der Waals surface area contributed by atoms with Crippen molar-refractivity contribution in [3.8, 4) is 0 Å². The first-order valence-corrected chi connectivity index (χ1v) is 6.53. The highest BCUT2D eigenvalue weighted by molar-refractivity contribution is 5.74. The van der Waals surface area contributed by atoms with Crippen molar-refractivity contribution >= 4 is 6.03 Å². The summed E-state index contributed by atoms with van der Waals surface area (Å²) in [6, 6.07) is 6.42. The van der Waals surface area contributed by atoms with Crippen LogP contribution in [0.4, 0.5) is 9.18 Å². The van der Waals surface area contributed by atoms with Gasteiger partial charge in [-0.3, -0.25) is 0 Å². The van der Waals surface area contributed by atoms with E-state index in [1.807, 2.05) is 4.90 Å². The molecule has 0 unspecified atom stereocenters. The molecule has 4 heteroatoms. The number of likely N-dealkylation sites (tertiary alicyclic amines) is 1. The van der Waals surface area contributed by atoms with Crippen LogP contribution in [0.25, 0.3) is 0 Å². The highest BCUT2D eigenvalue weighted by atomic mass is 19.1. The van der Waals surface area contributed by atoms with Crippen LogP contribution in [-0.4, -0.2) is 30.6 Å². The van der Waals surface area contributed by atoms with Gasteiger partial charge >= 0.3 is 6.03 Å². The minimum atomic E-state index is -0.226. The fraction of sp³-hybridized carbons (Fsp3) is 0.500. The number of hydrogen-bond donors (Lipinski definition) is 1. The number of hydrogen-bond acceptors (Lipinski definition) is 1. The van der Waals surface area contributed by atoms with E-state index < -0.39 is 0 Å². The Morgan fingerprint density at radius 1 is 1.17 bits per heavy atom. The topological polar surface area (TPSA) is 32.3 Å². The van der Waals surface area contributed by atoms with E-state index in [1.165, 1.54) is 18.6 Å². The van der Waals surface area contributed by atoms with E-state index >= 15 is 0 Å². The van der Waals surface area contributed by atoms with Crippen LogP contribution >= 0.6 is 0 Å². The van der Waals surface area contributed by atoms with Gasteiger partial charge in [0.25, 0.3) is 0 Å². The van der Waals surface area contributed by atoms with Crippen molar-refractivity contribution in [2.75, 3.05) is 19.6 Å². The van der Waals surface area contributed by atoms with Crippen molar-refractivity contribution < 1.29 is 9.18 Å². The molecule has 1 aliphatic rings. The number of nitrogens with one attached hydrogen (secondary N) is 1. The second-order valence-electron chi connectivity index (χ2n) is 4.66. The summed E-state index contributed by atoms with van der Waals surface area (Å²) >= 11 is 0. The van der Waals surface area contributed by atoms with E-state index in [4.69, 9.17) is 0 Å². The van der Waals surface area contributed by atoms with Crippen molar-refractivity contribution in [1.82, 2.24) is 10.2 Å². The summed E-state index contributed by atoms with van der Waals surface area (Å²) in [6.45, 7) is 2.33. The standard InChI is InChI=1S/C14H19FN2O/c15-13-6-4-12(5-7-13)8-9-16-14(18)17-10-2-1-3-11-17/h4-7H,1-3,8-11H2,(H,16,18). The van der Waals surface area contributed by atoms with Crippen molar-refractivity contribution in [3.63, 3.8) is 0 Å². The highest BCUT2D eigenvalue weighted by Crippen LogP contribution is 2.08. The van der Waals surface area contributed by atoms with E-state index in [2.05, 4.69) is 5.32 Å². The smallest absolute Gasteiger partial charge is 0.317 e. The number of halogens is 1. The van der Waals surface area contributed by atoms with Crippen LogP contribution in [0.15, 0.2) is 24.3 Å². The Morgan fingerprint density at radius 3 is 2.50 bits per heavy atom. The molecule has 0 saturated carbocycles. The number of rotatable bonds is 3. The van der Waals surface area contributed by atoms with Crippen LogP contribution in [0.3, 0.4) is 0 Å². The van der Waals surface area contributed by atoms with Crippen molar-refractivity contribution in [2.45, 2.75) is 25.7 Å². The Morgan fingerprint density at radius 2 is 1.83 bits per heavy atom. The fourth-order valence-electron chi connectivity index (χ4n) is 2.17. The summed E-state index contributed by atoms with van der Waals surface area (Å²) in [5, 5.41) is 2.91. The number of benzene rings is 1. The molecule has 1 aromatic rings. The van der Waals surface area contributed by atoms with Crippen molar-refractivity contribution in [2.24, 2.45) is 0 Å². The molecule has 0 aliphatic carbocycles. The van der Waals surface area contributed by atoms with E-state index in [0.29, 0.717) is 6.54 Å². The number of carbonyl (C=O) groups is 1. The van der Waals surface area contributed by atoms with E-state index in [1.54, 1.807) is 12.1 Å². The van der Waals surface area contributed by atoms with E-state index in [9.17, 15) is 9.18 Å². The summed E-state index contributed by atoms with van der Waals surface area (Å²) in [6.07, 6.45) is 4.16. The van der Waals surface area contributed by atoms with Crippen LogP contribution in [0, 0.1) is 5.82 Å². The van der Waals surface area contributed by atoms with Gasteiger partial charge in [0.2, 0.25) is 0 Å². The Balaban J connectivity index is 1.71. The predicted molar refractivity (Wildman–Crippen MR) is 68.9 cm³/mol. The van der Waals surface area contributed by atoms with Gasteiger partial charge in [-0.05, 0) is 43.4 Å². The zero-order valence-corrected chi connectivity index (χ0v) is 10.5. The summed E-state index contributed by atoms with van der Waals surface area (Å²) in [5.41, 5.74) is 1.04. The van der Waals surface area contributed by atoms with Crippen LogP contribution in [0.1, 0.15) is 24.8 Å².